The second-order valence-corrected chi connectivity index (χ2v) is 4.44. The molecule has 0 aliphatic rings. The number of hydrogen-bond donors (Lipinski definition) is 1. The van der Waals surface area contributed by atoms with Gasteiger partial charge in [-0.2, -0.15) is 5.10 Å². The highest BCUT2D eigenvalue weighted by atomic mass is 19.1. The van der Waals surface area contributed by atoms with E-state index in [2.05, 4.69) is 18.9 Å². The van der Waals surface area contributed by atoms with Gasteiger partial charge in [0.25, 0.3) is 0 Å². The molecule has 0 aliphatic heterocycles. The third-order valence-electron chi connectivity index (χ3n) is 2.79. The van der Waals surface area contributed by atoms with Gasteiger partial charge < -0.3 is 5.73 Å². The lowest BCUT2D eigenvalue weighted by Crippen LogP contribution is -1.97. The Hall–Kier alpha value is -1.84. The molecule has 17 heavy (non-hydrogen) atoms. The molecule has 3 nitrogen and oxygen atoms in total. The second kappa shape index (κ2) is 4.20. The Bertz CT molecular complexity index is 544. The number of anilines is 1. The van der Waals surface area contributed by atoms with Crippen molar-refractivity contribution >= 4 is 5.82 Å². The highest BCUT2D eigenvalue weighted by Gasteiger charge is 2.18. The number of halogens is 1. The SMILES string of the molecule is CC(C)c1c(N)nn(C)c1-c1cccc(F)c1. The van der Waals surface area contributed by atoms with Crippen molar-refractivity contribution in [2.24, 2.45) is 7.05 Å². The Morgan fingerprint density at radius 2 is 2.06 bits per heavy atom. The van der Waals surface area contributed by atoms with Gasteiger partial charge in [-0.3, -0.25) is 4.68 Å². The highest BCUT2D eigenvalue weighted by molar-refractivity contribution is 5.69. The van der Waals surface area contributed by atoms with E-state index in [1.165, 1.54) is 12.1 Å². The Morgan fingerprint density at radius 1 is 1.35 bits per heavy atom. The first-order valence-corrected chi connectivity index (χ1v) is 5.59. The molecule has 2 N–H and O–H groups in total. The van der Waals surface area contributed by atoms with Gasteiger partial charge in [-0.1, -0.05) is 26.0 Å². The predicted molar refractivity (Wildman–Crippen MR) is 67.1 cm³/mol. The van der Waals surface area contributed by atoms with Crippen molar-refractivity contribution in [3.05, 3.63) is 35.6 Å². The van der Waals surface area contributed by atoms with Gasteiger partial charge in [0.15, 0.2) is 0 Å². The van der Waals surface area contributed by atoms with Crippen LogP contribution >= 0.6 is 0 Å². The van der Waals surface area contributed by atoms with Crippen molar-refractivity contribution in [2.45, 2.75) is 19.8 Å². The topological polar surface area (TPSA) is 43.8 Å². The molecule has 0 fully saturated rings. The average Bonchev–Trinajstić information content (AvgIpc) is 2.53. The maximum Gasteiger partial charge on any atom is 0.149 e. The van der Waals surface area contributed by atoms with Crippen LogP contribution in [-0.4, -0.2) is 9.78 Å². The summed E-state index contributed by atoms with van der Waals surface area (Å²) in [6.45, 7) is 4.10. The van der Waals surface area contributed by atoms with Crippen LogP contribution in [0.4, 0.5) is 10.2 Å². The summed E-state index contributed by atoms with van der Waals surface area (Å²) in [5.74, 6) is 0.515. The van der Waals surface area contributed by atoms with Gasteiger partial charge in [0, 0.05) is 18.2 Å². The lowest BCUT2D eigenvalue weighted by molar-refractivity contribution is 0.628. The molecule has 1 heterocycles. The number of aromatic nitrogens is 2. The third-order valence-corrected chi connectivity index (χ3v) is 2.79. The van der Waals surface area contributed by atoms with Crippen molar-refractivity contribution < 1.29 is 4.39 Å². The smallest absolute Gasteiger partial charge is 0.149 e. The van der Waals surface area contributed by atoms with Gasteiger partial charge in [0.05, 0.1) is 5.69 Å². The number of rotatable bonds is 2. The maximum absolute atomic E-state index is 13.3. The molecule has 0 radical (unpaired) electrons. The van der Waals surface area contributed by atoms with Crippen molar-refractivity contribution in [1.82, 2.24) is 9.78 Å². The predicted octanol–water partition coefficient (Wildman–Crippen LogP) is 2.93. The standard InChI is InChI=1S/C13H16FN3/c1-8(2)11-12(17(3)16-13(11)15)9-5-4-6-10(14)7-9/h4-8H,1-3H3,(H2,15,16). The van der Waals surface area contributed by atoms with E-state index in [1.807, 2.05) is 13.1 Å². The van der Waals surface area contributed by atoms with E-state index in [1.54, 1.807) is 10.7 Å². The summed E-state index contributed by atoms with van der Waals surface area (Å²) in [7, 11) is 1.82. The summed E-state index contributed by atoms with van der Waals surface area (Å²) in [5, 5.41) is 4.21. The minimum Gasteiger partial charge on any atom is -0.382 e. The summed E-state index contributed by atoms with van der Waals surface area (Å²) in [6, 6.07) is 6.49. The molecule has 4 heteroatoms. The fourth-order valence-electron chi connectivity index (χ4n) is 2.11. The monoisotopic (exact) mass is 233 g/mol. The minimum atomic E-state index is -0.253. The van der Waals surface area contributed by atoms with Crippen LogP contribution in [0.2, 0.25) is 0 Å². The zero-order chi connectivity index (χ0) is 12.6. The Balaban J connectivity index is 2.66. The van der Waals surface area contributed by atoms with Crippen LogP contribution in [0.3, 0.4) is 0 Å². The van der Waals surface area contributed by atoms with Gasteiger partial charge in [0.2, 0.25) is 0 Å². The Kier molecular flexibility index (Phi) is 2.88. The zero-order valence-corrected chi connectivity index (χ0v) is 10.2. The largest absolute Gasteiger partial charge is 0.382 e. The van der Waals surface area contributed by atoms with E-state index in [4.69, 9.17) is 5.73 Å². The van der Waals surface area contributed by atoms with Gasteiger partial charge in [0.1, 0.15) is 11.6 Å². The summed E-state index contributed by atoms with van der Waals surface area (Å²) >= 11 is 0. The van der Waals surface area contributed by atoms with Gasteiger partial charge in [-0.25, -0.2) is 4.39 Å². The van der Waals surface area contributed by atoms with E-state index in [0.717, 1.165) is 16.8 Å². The van der Waals surface area contributed by atoms with E-state index in [-0.39, 0.29) is 11.7 Å². The molecule has 0 spiro atoms. The lowest BCUT2D eigenvalue weighted by Gasteiger charge is -2.09. The number of hydrogen-bond acceptors (Lipinski definition) is 2. The van der Waals surface area contributed by atoms with Crippen molar-refractivity contribution in [1.29, 1.82) is 0 Å². The Labute approximate surface area is 100 Å². The van der Waals surface area contributed by atoms with Crippen LogP contribution in [0.25, 0.3) is 11.3 Å². The lowest BCUT2D eigenvalue weighted by atomic mass is 9.98. The van der Waals surface area contributed by atoms with E-state index < -0.39 is 0 Å². The fraction of sp³-hybridized carbons (Fsp3) is 0.308. The summed E-state index contributed by atoms with van der Waals surface area (Å²) in [5.41, 5.74) is 8.56. The normalized spacial score (nSPS) is 11.1. The first kappa shape index (κ1) is 11.6. The number of nitrogen functional groups attached to an aromatic ring is 1. The summed E-state index contributed by atoms with van der Waals surface area (Å²) in [4.78, 5) is 0. The molecule has 0 atom stereocenters. The molecular weight excluding hydrogens is 217 g/mol. The van der Waals surface area contributed by atoms with Crippen molar-refractivity contribution in [3.8, 4) is 11.3 Å². The molecule has 2 rings (SSSR count). The molecule has 0 bridgehead atoms. The summed E-state index contributed by atoms with van der Waals surface area (Å²) in [6.07, 6.45) is 0. The van der Waals surface area contributed by atoms with Crippen LogP contribution in [0.5, 0.6) is 0 Å². The first-order valence-electron chi connectivity index (χ1n) is 5.59. The molecule has 0 amide bonds. The van der Waals surface area contributed by atoms with Crippen LogP contribution in [0.1, 0.15) is 25.3 Å². The van der Waals surface area contributed by atoms with E-state index in [9.17, 15) is 4.39 Å². The number of nitrogens with zero attached hydrogens (tertiary/aromatic N) is 2. The minimum absolute atomic E-state index is 0.252. The maximum atomic E-state index is 13.3. The molecule has 0 aliphatic carbocycles. The van der Waals surface area contributed by atoms with Crippen LogP contribution in [0.15, 0.2) is 24.3 Å². The quantitative estimate of drug-likeness (QED) is 0.866. The fourth-order valence-corrected chi connectivity index (χ4v) is 2.11. The molecule has 0 saturated carbocycles. The van der Waals surface area contributed by atoms with Crippen molar-refractivity contribution in [2.75, 3.05) is 5.73 Å². The molecule has 1 aromatic heterocycles. The second-order valence-electron chi connectivity index (χ2n) is 4.44. The molecular formula is C13H16FN3. The Morgan fingerprint density at radius 3 is 2.65 bits per heavy atom. The van der Waals surface area contributed by atoms with E-state index >= 15 is 0 Å². The molecule has 0 unspecified atom stereocenters. The van der Waals surface area contributed by atoms with Crippen LogP contribution < -0.4 is 5.73 Å². The number of benzene rings is 1. The first-order chi connectivity index (χ1) is 8.00. The van der Waals surface area contributed by atoms with Crippen molar-refractivity contribution in [3.63, 3.8) is 0 Å². The van der Waals surface area contributed by atoms with E-state index in [0.29, 0.717) is 5.82 Å². The number of aryl methyl sites for hydroxylation is 1. The molecule has 1 aromatic carbocycles. The third kappa shape index (κ3) is 2.02. The number of nitrogens with two attached hydrogens (primary N) is 1. The van der Waals surface area contributed by atoms with Crippen LogP contribution in [-0.2, 0) is 7.05 Å². The molecule has 0 saturated heterocycles. The highest BCUT2D eigenvalue weighted by Crippen LogP contribution is 2.33. The average molecular weight is 233 g/mol. The zero-order valence-electron chi connectivity index (χ0n) is 10.2. The summed E-state index contributed by atoms with van der Waals surface area (Å²) < 4.78 is 15.0. The van der Waals surface area contributed by atoms with Gasteiger partial charge >= 0.3 is 0 Å². The van der Waals surface area contributed by atoms with Gasteiger partial charge in [-0.05, 0) is 18.1 Å². The molecule has 90 valence electrons. The molecule has 2 aromatic rings. The van der Waals surface area contributed by atoms with Crippen LogP contribution in [0, 0.1) is 5.82 Å². The van der Waals surface area contributed by atoms with Gasteiger partial charge in [-0.15, -0.1) is 0 Å².